The number of rotatable bonds is 8. The first-order valence-corrected chi connectivity index (χ1v) is 6.99. The van der Waals surface area contributed by atoms with Crippen LogP contribution in [0.1, 0.15) is 11.1 Å². The minimum absolute atomic E-state index is 0.205. The van der Waals surface area contributed by atoms with E-state index in [9.17, 15) is 5.11 Å². The molecule has 0 heterocycles. The molecular formula is C17H21NO3. The molecular weight excluding hydrogens is 266 g/mol. The standard InChI is InChI=1S/C17H21NO3/c18-10-14-6-8-17(9-7-14)21-13-16(19)12-20-11-15-4-2-1-3-5-15/h1-9,16,19H,10-13,18H2. The Hall–Kier alpha value is -1.88. The summed E-state index contributed by atoms with van der Waals surface area (Å²) in [4.78, 5) is 0. The van der Waals surface area contributed by atoms with E-state index in [1.165, 1.54) is 0 Å². The lowest BCUT2D eigenvalue weighted by Crippen LogP contribution is -2.23. The first-order valence-electron chi connectivity index (χ1n) is 6.99. The molecule has 1 atom stereocenters. The van der Waals surface area contributed by atoms with Crippen molar-refractivity contribution in [3.63, 3.8) is 0 Å². The number of hydrogen-bond acceptors (Lipinski definition) is 4. The molecule has 4 heteroatoms. The van der Waals surface area contributed by atoms with Crippen LogP contribution >= 0.6 is 0 Å². The third-order valence-electron chi connectivity index (χ3n) is 3.02. The molecule has 0 radical (unpaired) electrons. The fourth-order valence-electron chi connectivity index (χ4n) is 1.85. The molecule has 0 aromatic heterocycles. The quantitative estimate of drug-likeness (QED) is 0.780. The lowest BCUT2D eigenvalue weighted by molar-refractivity contribution is 0.00549. The molecule has 2 aromatic rings. The third-order valence-corrected chi connectivity index (χ3v) is 3.02. The lowest BCUT2D eigenvalue weighted by atomic mass is 10.2. The van der Waals surface area contributed by atoms with E-state index in [1.54, 1.807) is 0 Å². The second kappa shape index (κ2) is 8.42. The maximum Gasteiger partial charge on any atom is 0.119 e. The number of nitrogens with two attached hydrogens (primary N) is 1. The summed E-state index contributed by atoms with van der Waals surface area (Å²) in [6, 6.07) is 17.4. The van der Waals surface area contributed by atoms with Gasteiger partial charge in [-0.05, 0) is 23.3 Å². The minimum Gasteiger partial charge on any atom is -0.491 e. The van der Waals surface area contributed by atoms with E-state index in [0.29, 0.717) is 18.9 Å². The van der Waals surface area contributed by atoms with Crippen LogP contribution in [0.5, 0.6) is 5.75 Å². The molecule has 2 rings (SSSR count). The van der Waals surface area contributed by atoms with E-state index in [1.807, 2.05) is 54.6 Å². The van der Waals surface area contributed by atoms with Crippen LogP contribution in [0.25, 0.3) is 0 Å². The predicted octanol–water partition coefficient (Wildman–Crippen LogP) is 2.10. The molecule has 21 heavy (non-hydrogen) atoms. The molecule has 0 bridgehead atoms. The zero-order chi connectivity index (χ0) is 14.9. The van der Waals surface area contributed by atoms with Crippen molar-refractivity contribution in [3.05, 3.63) is 65.7 Å². The van der Waals surface area contributed by atoms with Crippen LogP contribution in [-0.2, 0) is 17.9 Å². The van der Waals surface area contributed by atoms with Crippen LogP contribution in [0.4, 0.5) is 0 Å². The number of benzene rings is 2. The van der Waals surface area contributed by atoms with Crippen LogP contribution in [0.15, 0.2) is 54.6 Å². The highest BCUT2D eigenvalue weighted by Crippen LogP contribution is 2.12. The van der Waals surface area contributed by atoms with Crippen LogP contribution < -0.4 is 10.5 Å². The van der Waals surface area contributed by atoms with Gasteiger partial charge in [0.05, 0.1) is 13.2 Å². The van der Waals surface area contributed by atoms with Gasteiger partial charge in [0.15, 0.2) is 0 Å². The van der Waals surface area contributed by atoms with Crippen LogP contribution in [0.3, 0.4) is 0 Å². The largest absolute Gasteiger partial charge is 0.491 e. The van der Waals surface area contributed by atoms with Gasteiger partial charge in [-0.2, -0.15) is 0 Å². The maximum atomic E-state index is 9.82. The number of ether oxygens (including phenoxy) is 2. The number of aliphatic hydroxyl groups is 1. The fraction of sp³-hybridized carbons (Fsp3) is 0.294. The Morgan fingerprint density at radius 2 is 1.62 bits per heavy atom. The van der Waals surface area contributed by atoms with Gasteiger partial charge in [-0.1, -0.05) is 42.5 Å². The Morgan fingerprint density at radius 3 is 2.29 bits per heavy atom. The zero-order valence-corrected chi connectivity index (χ0v) is 11.9. The van der Waals surface area contributed by atoms with Gasteiger partial charge in [-0.3, -0.25) is 0 Å². The van der Waals surface area contributed by atoms with Crippen LogP contribution in [0.2, 0.25) is 0 Å². The van der Waals surface area contributed by atoms with E-state index >= 15 is 0 Å². The van der Waals surface area contributed by atoms with Gasteiger partial charge < -0.3 is 20.3 Å². The summed E-state index contributed by atoms with van der Waals surface area (Å²) in [7, 11) is 0. The average molecular weight is 287 g/mol. The van der Waals surface area contributed by atoms with Crippen molar-refractivity contribution in [2.45, 2.75) is 19.3 Å². The van der Waals surface area contributed by atoms with Crippen molar-refractivity contribution in [1.29, 1.82) is 0 Å². The second-order valence-corrected chi connectivity index (χ2v) is 4.81. The van der Waals surface area contributed by atoms with Crippen molar-refractivity contribution in [2.24, 2.45) is 5.73 Å². The molecule has 0 spiro atoms. The molecule has 1 unspecified atom stereocenters. The Morgan fingerprint density at radius 1 is 0.905 bits per heavy atom. The second-order valence-electron chi connectivity index (χ2n) is 4.81. The first kappa shape index (κ1) is 15.5. The van der Waals surface area contributed by atoms with Gasteiger partial charge in [0.25, 0.3) is 0 Å². The van der Waals surface area contributed by atoms with E-state index in [2.05, 4.69) is 0 Å². The van der Waals surface area contributed by atoms with Crippen molar-refractivity contribution in [2.75, 3.05) is 13.2 Å². The van der Waals surface area contributed by atoms with Crippen LogP contribution in [0, 0.1) is 0 Å². The summed E-state index contributed by atoms with van der Waals surface area (Å²) in [6.07, 6.45) is -0.650. The zero-order valence-electron chi connectivity index (χ0n) is 11.9. The van der Waals surface area contributed by atoms with E-state index in [4.69, 9.17) is 15.2 Å². The van der Waals surface area contributed by atoms with E-state index < -0.39 is 6.10 Å². The molecule has 0 saturated carbocycles. The van der Waals surface area contributed by atoms with Crippen molar-refractivity contribution < 1.29 is 14.6 Å². The van der Waals surface area contributed by atoms with Gasteiger partial charge in [0, 0.05) is 6.54 Å². The van der Waals surface area contributed by atoms with Gasteiger partial charge in [0.2, 0.25) is 0 Å². The summed E-state index contributed by atoms with van der Waals surface area (Å²) in [5, 5.41) is 9.82. The molecule has 3 N–H and O–H groups in total. The van der Waals surface area contributed by atoms with Gasteiger partial charge in [-0.15, -0.1) is 0 Å². The highest BCUT2D eigenvalue weighted by Gasteiger charge is 2.06. The lowest BCUT2D eigenvalue weighted by Gasteiger charge is -2.13. The number of aliphatic hydroxyl groups excluding tert-OH is 1. The molecule has 0 fully saturated rings. The van der Waals surface area contributed by atoms with Crippen LogP contribution in [-0.4, -0.2) is 24.4 Å². The summed E-state index contributed by atoms with van der Waals surface area (Å²) < 4.78 is 11.0. The van der Waals surface area contributed by atoms with Gasteiger partial charge in [-0.25, -0.2) is 0 Å². The molecule has 0 aliphatic rings. The Labute approximate surface area is 125 Å². The Balaban J connectivity index is 1.66. The molecule has 112 valence electrons. The fourth-order valence-corrected chi connectivity index (χ4v) is 1.85. The maximum absolute atomic E-state index is 9.82. The molecule has 0 aliphatic carbocycles. The monoisotopic (exact) mass is 287 g/mol. The van der Waals surface area contributed by atoms with Crippen molar-refractivity contribution in [3.8, 4) is 5.75 Å². The topological polar surface area (TPSA) is 64.7 Å². The summed E-state index contributed by atoms with van der Waals surface area (Å²) in [6.45, 7) is 1.45. The van der Waals surface area contributed by atoms with Crippen molar-refractivity contribution in [1.82, 2.24) is 0 Å². The molecule has 4 nitrogen and oxygen atoms in total. The first-order chi connectivity index (χ1) is 10.3. The highest BCUT2D eigenvalue weighted by molar-refractivity contribution is 5.27. The summed E-state index contributed by atoms with van der Waals surface area (Å²) in [5.74, 6) is 0.717. The molecule has 0 amide bonds. The SMILES string of the molecule is NCc1ccc(OCC(O)COCc2ccccc2)cc1. The third kappa shape index (κ3) is 5.55. The Bertz CT molecular complexity index is 513. The summed E-state index contributed by atoms with van der Waals surface area (Å²) in [5.41, 5.74) is 7.66. The molecule has 2 aromatic carbocycles. The van der Waals surface area contributed by atoms with Gasteiger partial charge in [0.1, 0.15) is 18.5 Å². The minimum atomic E-state index is -0.650. The smallest absolute Gasteiger partial charge is 0.119 e. The van der Waals surface area contributed by atoms with E-state index in [-0.39, 0.29) is 13.2 Å². The average Bonchev–Trinajstić information content (AvgIpc) is 2.54. The highest BCUT2D eigenvalue weighted by atomic mass is 16.5. The predicted molar refractivity (Wildman–Crippen MR) is 81.9 cm³/mol. The number of hydrogen-bond donors (Lipinski definition) is 2. The summed E-state index contributed by atoms with van der Waals surface area (Å²) >= 11 is 0. The molecule has 0 aliphatic heterocycles. The van der Waals surface area contributed by atoms with Crippen molar-refractivity contribution >= 4 is 0 Å². The normalized spacial score (nSPS) is 12.1. The Kier molecular flexibility index (Phi) is 6.22. The van der Waals surface area contributed by atoms with Gasteiger partial charge >= 0.3 is 0 Å². The molecule has 0 saturated heterocycles. The van der Waals surface area contributed by atoms with E-state index in [0.717, 1.165) is 11.1 Å².